The maximum Gasteiger partial charge on any atom is 0.256 e. The van der Waals surface area contributed by atoms with Gasteiger partial charge in [-0.2, -0.15) is 0 Å². The van der Waals surface area contributed by atoms with E-state index in [1.165, 1.54) is 16.5 Å². The number of hydrogen-bond acceptors (Lipinski definition) is 4. The predicted molar refractivity (Wildman–Crippen MR) is 97.5 cm³/mol. The molecule has 7 heteroatoms. The van der Waals surface area contributed by atoms with Crippen LogP contribution < -0.4 is 10.6 Å². The maximum atomic E-state index is 12.7. The third-order valence-electron chi connectivity index (χ3n) is 4.66. The third-order valence-corrected chi connectivity index (χ3v) is 6.35. The fourth-order valence-corrected chi connectivity index (χ4v) is 5.37. The highest BCUT2D eigenvalue weighted by Gasteiger charge is 2.34. The summed E-state index contributed by atoms with van der Waals surface area (Å²) in [7, 11) is 0. The van der Waals surface area contributed by atoms with E-state index in [2.05, 4.69) is 17.6 Å². The van der Waals surface area contributed by atoms with E-state index in [4.69, 9.17) is 23.2 Å². The van der Waals surface area contributed by atoms with Crippen molar-refractivity contribution < 1.29 is 9.90 Å². The van der Waals surface area contributed by atoms with Gasteiger partial charge in [-0.25, -0.2) is 0 Å². The first-order valence-corrected chi connectivity index (χ1v) is 9.41. The van der Waals surface area contributed by atoms with Crippen LogP contribution >= 0.6 is 34.5 Å². The first-order valence-electron chi connectivity index (χ1n) is 7.84. The zero-order valence-corrected chi connectivity index (χ0v) is 15.3. The van der Waals surface area contributed by atoms with Crippen LogP contribution in [0, 0.1) is 5.92 Å². The molecule has 0 saturated carbocycles. The smallest absolute Gasteiger partial charge is 0.256 e. The van der Waals surface area contributed by atoms with Gasteiger partial charge in [0.05, 0.1) is 10.6 Å². The number of carbonyl (C=O) groups excluding carboxylic acids is 1. The average molecular weight is 383 g/mol. The van der Waals surface area contributed by atoms with Crippen LogP contribution in [0.1, 0.15) is 45.9 Å². The van der Waals surface area contributed by atoms with Crippen molar-refractivity contribution in [2.45, 2.75) is 32.4 Å². The van der Waals surface area contributed by atoms with Gasteiger partial charge >= 0.3 is 0 Å². The number of hydrogen-bond donors (Lipinski definition) is 3. The summed E-state index contributed by atoms with van der Waals surface area (Å²) in [6.07, 6.45) is 2.51. The van der Waals surface area contributed by atoms with Crippen LogP contribution in [0.3, 0.4) is 0 Å². The predicted octanol–water partition coefficient (Wildman–Crippen LogP) is 4.74. The van der Waals surface area contributed by atoms with Gasteiger partial charge < -0.3 is 15.7 Å². The molecular weight excluding hydrogens is 367 g/mol. The maximum absolute atomic E-state index is 12.7. The minimum absolute atomic E-state index is 0.0720. The largest absolute Gasteiger partial charge is 0.506 e. The van der Waals surface area contributed by atoms with Gasteiger partial charge in [-0.15, -0.1) is 11.3 Å². The van der Waals surface area contributed by atoms with Crippen LogP contribution in [0.15, 0.2) is 12.1 Å². The van der Waals surface area contributed by atoms with Crippen molar-refractivity contribution in [1.82, 2.24) is 5.32 Å². The van der Waals surface area contributed by atoms with Crippen LogP contribution in [-0.2, 0) is 12.8 Å². The standard InChI is InChI=1S/C17H16Cl2N2O2S/c1-7-2-3-9-12(4-7)24-17-13(9)16(23)20-15(21-17)10-5-8(18)6-11(19)14(10)22/h5-7,15,21-22H,2-4H2,1H3,(H,20,23)/t7-,15-/m1/s1. The average Bonchev–Trinajstić information content (AvgIpc) is 2.88. The van der Waals surface area contributed by atoms with E-state index in [1.807, 2.05) is 0 Å². The lowest BCUT2D eigenvalue weighted by molar-refractivity contribution is 0.0935. The summed E-state index contributed by atoms with van der Waals surface area (Å²) in [4.78, 5) is 14.0. The number of phenols is 1. The number of thiophene rings is 1. The van der Waals surface area contributed by atoms with E-state index in [0.717, 1.165) is 29.8 Å². The van der Waals surface area contributed by atoms with Crippen LogP contribution in [0.4, 0.5) is 5.00 Å². The van der Waals surface area contributed by atoms with Gasteiger partial charge in [0, 0.05) is 15.5 Å². The topological polar surface area (TPSA) is 61.4 Å². The molecular formula is C17H16Cl2N2O2S. The van der Waals surface area contributed by atoms with Gasteiger partial charge in [0.1, 0.15) is 16.9 Å². The van der Waals surface area contributed by atoms with E-state index in [9.17, 15) is 9.90 Å². The van der Waals surface area contributed by atoms with Crippen molar-refractivity contribution in [3.8, 4) is 5.75 Å². The quantitative estimate of drug-likeness (QED) is 0.667. The molecule has 2 aliphatic rings. The third kappa shape index (κ3) is 2.55. The lowest BCUT2D eigenvalue weighted by Gasteiger charge is -2.27. The summed E-state index contributed by atoms with van der Waals surface area (Å²) in [5.41, 5.74) is 2.39. The molecule has 3 N–H and O–H groups in total. The normalized spacial score (nSPS) is 22.4. The van der Waals surface area contributed by atoms with Crippen molar-refractivity contribution in [2.75, 3.05) is 5.32 Å². The highest BCUT2D eigenvalue weighted by molar-refractivity contribution is 7.16. The number of benzene rings is 1. The molecule has 0 radical (unpaired) electrons. The Morgan fingerprint density at radius 2 is 2.08 bits per heavy atom. The van der Waals surface area contributed by atoms with Gasteiger partial charge in [0.2, 0.25) is 0 Å². The molecule has 0 unspecified atom stereocenters. The van der Waals surface area contributed by atoms with Crippen molar-refractivity contribution >= 4 is 45.4 Å². The van der Waals surface area contributed by atoms with Crippen LogP contribution in [-0.4, -0.2) is 11.0 Å². The zero-order valence-electron chi connectivity index (χ0n) is 13.0. The molecule has 1 aromatic heterocycles. The van der Waals surface area contributed by atoms with Crippen LogP contribution in [0.5, 0.6) is 5.75 Å². The number of phenolic OH excluding ortho intramolecular Hbond substituents is 1. The fraction of sp³-hybridized carbons (Fsp3) is 0.353. The first-order chi connectivity index (χ1) is 11.4. The molecule has 1 aliphatic carbocycles. The Morgan fingerprint density at radius 3 is 2.88 bits per heavy atom. The fourth-order valence-electron chi connectivity index (χ4n) is 3.42. The molecule has 1 amide bonds. The number of fused-ring (bicyclic) bond motifs is 3. The molecule has 0 spiro atoms. The van der Waals surface area contributed by atoms with Gasteiger partial charge in [0.25, 0.3) is 5.91 Å². The number of anilines is 1. The number of halogens is 2. The molecule has 24 heavy (non-hydrogen) atoms. The summed E-state index contributed by atoms with van der Waals surface area (Å²) in [6.45, 7) is 2.24. The first kappa shape index (κ1) is 16.1. The second-order valence-electron chi connectivity index (χ2n) is 6.43. The molecule has 1 aromatic carbocycles. The molecule has 4 rings (SSSR count). The van der Waals surface area contributed by atoms with Crippen molar-refractivity contribution in [3.63, 3.8) is 0 Å². The van der Waals surface area contributed by atoms with E-state index < -0.39 is 6.17 Å². The second-order valence-corrected chi connectivity index (χ2v) is 8.38. The van der Waals surface area contributed by atoms with Gasteiger partial charge in [-0.1, -0.05) is 30.1 Å². The van der Waals surface area contributed by atoms with E-state index in [-0.39, 0.29) is 16.7 Å². The van der Waals surface area contributed by atoms with Gasteiger partial charge in [-0.3, -0.25) is 4.79 Å². The van der Waals surface area contributed by atoms with Crippen LogP contribution in [0.25, 0.3) is 0 Å². The number of rotatable bonds is 1. The number of aromatic hydroxyl groups is 1. The summed E-state index contributed by atoms with van der Waals surface area (Å²) < 4.78 is 0. The lowest BCUT2D eigenvalue weighted by atomic mass is 9.88. The second kappa shape index (κ2) is 5.83. The highest BCUT2D eigenvalue weighted by atomic mass is 35.5. The van der Waals surface area contributed by atoms with E-state index in [0.29, 0.717) is 16.5 Å². The Labute approximate surface area is 153 Å². The molecule has 1 aliphatic heterocycles. The molecule has 2 heterocycles. The molecule has 0 bridgehead atoms. The summed E-state index contributed by atoms with van der Waals surface area (Å²) in [6, 6.07) is 3.09. The summed E-state index contributed by atoms with van der Waals surface area (Å²) in [5.74, 6) is 0.459. The van der Waals surface area contributed by atoms with Crippen molar-refractivity contribution in [3.05, 3.63) is 43.7 Å². The Kier molecular flexibility index (Phi) is 3.90. The highest BCUT2D eigenvalue weighted by Crippen LogP contribution is 2.44. The van der Waals surface area contributed by atoms with E-state index in [1.54, 1.807) is 17.4 Å². The minimum Gasteiger partial charge on any atom is -0.506 e. The monoisotopic (exact) mass is 382 g/mol. The van der Waals surface area contributed by atoms with Crippen molar-refractivity contribution in [1.29, 1.82) is 0 Å². The Bertz CT molecular complexity index is 850. The molecule has 126 valence electrons. The Balaban J connectivity index is 1.74. The van der Waals surface area contributed by atoms with Gasteiger partial charge in [-0.05, 0) is 42.9 Å². The number of nitrogens with one attached hydrogen (secondary N) is 2. The SMILES string of the molecule is C[C@@H]1CCc2c(sc3c2C(=O)N[C@@H](c2cc(Cl)cc(Cl)c2O)N3)C1. The summed E-state index contributed by atoms with van der Waals surface area (Å²) >= 11 is 13.7. The Hall–Kier alpha value is -1.43. The molecule has 0 fully saturated rings. The Morgan fingerprint density at radius 1 is 1.29 bits per heavy atom. The van der Waals surface area contributed by atoms with E-state index >= 15 is 0 Å². The lowest BCUT2D eigenvalue weighted by Crippen LogP contribution is -2.38. The number of amides is 1. The zero-order chi connectivity index (χ0) is 17.0. The molecule has 2 atom stereocenters. The van der Waals surface area contributed by atoms with Gasteiger partial charge in [0.15, 0.2) is 0 Å². The minimum atomic E-state index is -0.557. The summed E-state index contributed by atoms with van der Waals surface area (Å²) in [5, 5.41) is 17.9. The molecule has 4 nitrogen and oxygen atoms in total. The van der Waals surface area contributed by atoms with Crippen molar-refractivity contribution in [2.24, 2.45) is 5.92 Å². The molecule has 2 aromatic rings. The molecule has 0 saturated heterocycles. The van der Waals surface area contributed by atoms with Crippen LogP contribution in [0.2, 0.25) is 10.0 Å². The number of carbonyl (C=O) groups is 1.